The minimum absolute atomic E-state index is 0.0195. The van der Waals surface area contributed by atoms with Crippen LogP contribution in [0, 0.1) is 16.0 Å². The second kappa shape index (κ2) is 11.0. The molecule has 2 amide bonds. The Morgan fingerprint density at radius 3 is 2.29 bits per heavy atom. The molecule has 0 unspecified atom stereocenters. The lowest BCUT2D eigenvalue weighted by molar-refractivity contribution is -0.384. The first-order chi connectivity index (χ1) is 13.1. The number of non-ortho nitro benzene ring substituents is 1. The van der Waals surface area contributed by atoms with E-state index < -0.39 is 28.9 Å². The number of nitro benzene ring substituents is 1. The number of unbranched alkanes of at least 4 members (excludes halogenated alkanes) is 1. The van der Waals surface area contributed by atoms with Crippen molar-refractivity contribution in [3.05, 3.63) is 39.9 Å². The number of carbonyl (C=O) groups excluding carboxylic acids is 2. The molecule has 0 spiro atoms. The SMILES string of the molecule is CC(C)[C@H](N)C(=O)NCCCC[C@@H](NC(=O)c1ccc([N+](=O)[O-])cc1)C(=O)O. The van der Waals surface area contributed by atoms with Gasteiger partial charge >= 0.3 is 5.97 Å². The number of benzene rings is 1. The summed E-state index contributed by atoms with van der Waals surface area (Å²) in [6.45, 7) is 4.05. The number of nitrogens with zero attached hydrogens (tertiary/aromatic N) is 1. The zero-order valence-corrected chi connectivity index (χ0v) is 15.9. The fraction of sp³-hybridized carbons (Fsp3) is 0.500. The fourth-order valence-electron chi connectivity index (χ4n) is 2.34. The van der Waals surface area contributed by atoms with Gasteiger partial charge in [-0.25, -0.2) is 4.79 Å². The Morgan fingerprint density at radius 1 is 1.18 bits per heavy atom. The number of nitrogens with two attached hydrogens (primary N) is 1. The van der Waals surface area contributed by atoms with Crippen molar-refractivity contribution in [2.24, 2.45) is 11.7 Å². The largest absolute Gasteiger partial charge is 0.480 e. The van der Waals surface area contributed by atoms with E-state index in [2.05, 4.69) is 10.6 Å². The van der Waals surface area contributed by atoms with E-state index in [1.807, 2.05) is 13.8 Å². The van der Waals surface area contributed by atoms with E-state index in [0.29, 0.717) is 19.4 Å². The molecule has 1 rings (SSSR count). The summed E-state index contributed by atoms with van der Waals surface area (Å²) in [6.07, 6.45) is 1.18. The predicted molar refractivity (Wildman–Crippen MR) is 102 cm³/mol. The van der Waals surface area contributed by atoms with E-state index >= 15 is 0 Å². The lowest BCUT2D eigenvalue weighted by Crippen LogP contribution is -2.44. The fourth-order valence-corrected chi connectivity index (χ4v) is 2.34. The standard InChI is InChI=1S/C18H26N4O6/c1-11(2)15(19)17(24)20-10-4-3-5-14(18(25)26)21-16(23)12-6-8-13(9-7-12)22(27)28/h6-9,11,14-15H,3-5,10,19H2,1-2H3,(H,20,24)(H,21,23)(H,25,26)/t14-,15+/m1/s1. The minimum Gasteiger partial charge on any atom is -0.480 e. The Bertz CT molecular complexity index is 705. The highest BCUT2D eigenvalue weighted by molar-refractivity contribution is 5.96. The molecule has 0 bridgehead atoms. The van der Waals surface area contributed by atoms with Crippen molar-refractivity contribution < 1.29 is 24.4 Å². The minimum atomic E-state index is -1.18. The summed E-state index contributed by atoms with van der Waals surface area (Å²) in [7, 11) is 0. The summed E-state index contributed by atoms with van der Waals surface area (Å²) in [5.41, 5.74) is 5.69. The lowest BCUT2D eigenvalue weighted by Gasteiger charge is -2.16. The van der Waals surface area contributed by atoms with Crippen LogP contribution in [0.4, 0.5) is 5.69 Å². The summed E-state index contributed by atoms with van der Waals surface area (Å²) >= 11 is 0. The molecular formula is C18H26N4O6. The number of hydrogen-bond donors (Lipinski definition) is 4. The second-order valence-corrected chi connectivity index (χ2v) is 6.72. The van der Waals surface area contributed by atoms with Gasteiger partial charge in [-0.1, -0.05) is 13.8 Å². The molecule has 0 aliphatic heterocycles. The second-order valence-electron chi connectivity index (χ2n) is 6.72. The Kier molecular flexibility index (Phi) is 9.03. The molecule has 0 fully saturated rings. The summed E-state index contributed by atoms with van der Waals surface area (Å²) in [5, 5.41) is 25.0. The molecule has 154 valence electrons. The van der Waals surface area contributed by atoms with Crippen LogP contribution in [0.15, 0.2) is 24.3 Å². The van der Waals surface area contributed by atoms with Crippen LogP contribution in [0.2, 0.25) is 0 Å². The van der Waals surface area contributed by atoms with Crippen LogP contribution < -0.4 is 16.4 Å². The number of nitro groups is 1. The van der Waals surface area contributed by atoms with Gasteiger partial charge in [-0.3, -0.25) is 19.7 Å². The van der Waals surface area contributed by atoms with Crippen LogP contribution >= 0.6 is 0 Å². The molecule has 0 aliphatic rings. The Morgan fingerprint density at radius 2 is 1.79 bits per heavy atom. The van der Waals surface area contributed by atoms with Crippen LogP contribution in [0.1, 0.15) is 43.5 Å². The van der Waals surface area contributed by atoms with Gasteiger partial charge in [0, 0.05) is 24.2 Å². The van der Waals surface area contributed by atoms with Crippen molar-refractivity contribution in [3.8, 4) is 0 Å². The molecule has 10 nitrogen and oxygen atoms in total. The van der Waals surface area contributed by atoms with Crippen LogP contribution in [-0.4, -0.2) is 46.4 Å². The normalized spacial score (nSPS) is 12.9. The first-order valence-electron chi connectivity index (χ1n) is 8.95. The van der Waals surface area contributed by atoms with Crippen molar-refractivity contribution in [2.45, 2.75) is 45.2 Å². The summed E-state index contributed by atoms with van der Waals surface area (Å²) in [6, 6.07) is 3.19. The topological polar surface area (TPSA) is 165 Å². The van der Waals surface area contributed by atoms with Crippen molar-refractivity contribution in [1.82, 2.24) is 10.6 Å². The van der Waals surface area contributed by atoms with E-state index in [0.717, 1.165) is 0 Å². The van der Waals surface area contributed by atoms with Gasteiger partial charge in [0.05, 0.1) is 11.0 Å². The average Bonchev–Trinajstić information content (AvgIpc) is 2.65. The number of aliphatic carboxylic acids is 1. The average molecular weight is 394 g/mol. The van der Waals surface area contributed by atoms with Crippen LogP contribution in [0.3, 0.4) is 0 Å². The van der Waals surface area contributed by atoms with E-state index in [4.69, 9.17) is 5.73 Å². The number of carboxylic acids is 1. The zero-order valence-electron chi connectivity index (χ0n) is 15.9. The Balaban J connectivity index is 2.46. The smallest absolute Gasteiger partial charge is 0.326 e. The molecule has 0 radical (unpaired) electrons. The lowest BCUT2D eigenvalue weighted by atomic mass is 10.0. The number of nitrogens with one attached hydrogen (secondary N) is 2. The maximum atomic E-state index is 12.1. The van der Waals surface area contributed by atoms with E-state index in [9.17, 15) is 29.6 Å². The van der Waals surface area contributed by atoms with E-state index in [1.165, 1.54) is 24.3 Å². The molecule has 0 aromatic heterocycles. The third-order valence-corrected chi connectivity index (χ3v) is 4.18. The quantitative estimate of drug-likeness (QED) is 0.247. The predicted octanol–water partition coefficient (Wildman–Crippen LogP) is 1.05. The summed E-state index contributed by atoms with van der Waals surface area (Å²) < 4.78 is 0. The van der Waals surface area contributed by atoms with Gasteiger partial charge in [0.1, 0.15) is 6.04 Å². The first-order valence-corrected chi connectivity index (χ1v) is 8.95. The highest BCUT2D eigenvalue weighted by Crippen LogP contribution is 2.12. The number of amides is 2. The van der Waals surface area contributed by atoms with Gasteiger partial charge in [0.25, 0.3) is 11.6 Å². The summed E-state index contributed by atoms with van der Waals surface area (Å²) in [4.78, 5) is 45.3. The first kappa shape index (κ1) is 23.0. The molecule has 2 atom stereocenters. The number of hydrogen-bond acceptors (Lipinski definition) is 6. The third-order valence-electron chi connectivity index (χ3n) is 4.18. The maximum Gasteiger partial charge on any atom is 0.326 e. The zero-order chi connectivity index (χ0) is 21.3. The maximum absolute atomic E-state index is 12.1. The van der Waals surface area contributed by atoms with Gasteiger partial charge < -0.3 is 21.5 Å². The highest BCUT2D eigenvalue weighted by atomic mass is 16.6. The monoisotopic (exact) mass is 394 g/mol. The van der Waals surface area contributed by atoms with Gasteiger partial charge in [-0.2, -0.15) is 0 Å². The molecule has 0 saturated heterocycles. The van der Waals surface area contributed by atoms with Gasteiger partial charge in [0.2, 0.25) is 5.91 Å². The van der Waals surface area contributed by atoms with Crippen molar-refractivity contribution in [2.75, 3.05) is 6.54 Å². The van der Waals surface area contributed by atoms with Crippen LogP contribution in [0.25, 0.3) is 0 Å². The Labute approximate surface area is 162 Å². The molecule has 0 heterocycles. The molecular weight excluding hydrogens is 368 g/mol. The van der Waals surface area contributed by atoms with Crippen LogP contribution in [-0.2, 0) is 9.59 Å². The van der Waals surface area contributed by atoms with Crippen molar-refractivity contribution in [3.63, 3.8) is 0 Å². The highest BCUT2D eigenvalue weighted by Gasteiger charge is 2.21. The third kappa shape index (κ3) is 7.31. The van der Waals surface area contributed by atoms with Crippen molar-refractivity contribution >= 4 is 23.5 Å². The number of carboxylic acid groups (broad SMARTS) is 1. The molecule has 10 heteroatoms. The molecule has 28 heavy (non-hydrogen) atoms. The van der Waals surface area contributed by atoms with Gasteiger partial charge in [-0.15, -0.1) is 0 Å². The molecule has 0 saturated carbocycles. The molecule has 1 aromatic rings. The Hall–Kier alpha value is -3.01. The number of carbonyl (C=O) groups is 3. The molecule has 5 N–H and O–H groups in total. The molecule has 0 aliphatic carbocycles. The van der Waals surface area contributed by atoms with Gasteiger partial charge in [0.15, 0.2) is 0 Å². The molecule has 1 aromatic carbocycles. The van der Waals surface area contributed by atoms with Crippen molar-refractivity contribution in [1.29, 1.82) is 0 Å². The van der Waals surface area contributed by atoms with Crippen LogP contribution in [0.5, 0.6) is 0 Å². The van der Waals surface area contributed by atoms with E-state index in [-0.39, 0.29) is 29.5 Å². The van der Waals surface area contributed by atoms with E-state index in [1.54, 1.807) is 0 Å². The summed E-state index contributed by atoms with van der Waals surface area (Å²) in [5.74, 6) is -2.04. The number of rotatable bonds is 11. The van der Waals surface area contributed by atoms with Gasteiger partial charge in [-0.05, 0) is 37.3 Å².